The summed E-state index contributed by atoms with van der Waals surface area (Å²) in [6.45, 7) is 0. The lowest BCUT2D eigenvalue weighted by Crippen LogP contribution is -2.56. The molecule has 0 spiro atoms. The summed E-state index contributed by atoms with van der Waals surface area (Å²) in [6, 6.07) is 4.03. The Bertz CT molecular complexity index is 846. The van der Waals surface area contributed by atoms with Gasteiger partial charge in [0.25, 0.3) is 11.6 Å². The normalized spacial score (nSPS) is 16.0. The molecule has 1 fully saturated rings. The maximum atomic E-state index is 12.6. The number of benzene rings is 1. The van der Waals surface area contributed by atoms with Crippen LogP contribution < -0.4 is 5.32 Å². The second kappa shape index (κ2) is 7.16. The minimum absolute atomic E-state index is 0.0411. The second-order valence-electron chi connectivity index (χ2n) is 5.88. The van der Waals surface area contributed by atoms with Crippen LogP contribution in [-0.2, 0) is 4.79 Å². The molecule has 26 heavy (non-hydrogen) atoms. The number of aliphatic carboxylic acids is 1. The number of hydrogen-bond acceptors (Lipinski definition) is 6. The summed E-state index contributed by atoms with van der Waals surface area (Å²) >= 11 is 1.63. The summed E-state index contributed by atoms with van der Waals surface area (Å²) < 4.78 is 1.47. The van der Waals surface area contributed by atoms with Crippen molar-refractivity contribution in [1.29, 1.82) is 0 Å². The molecule has 0 atom stereocenters. The van der Waals surface area contributed by atoms with Gasteiger partial charge in [-0.15, -0.1) is 0 Å². The number of carboxylic acids is 1. The average molecular weight is 376 g/mol. The molecular formula is C16H16N4O5S. The third kappa shape index (κ3) is 3.40. The summed E-state index contributed by atoms with van der Waals surface area (Å²) in [5, 5.41) is 23.5. The topological polar surface area (TPSA) is 127 Å². The molecule has 1 aliphatic rings. The van der Waals surface area contributed by atoms with Crippen LogP contribution in [0, 0.1) is 10.1 Å². The standard InChI is InChI=1S/C16H16N4O5S/c21-14(18-16(15(22)23)3-7-26-8-4-16)11-1-2-12(13(9-11)20(24)25)19-6-5-17-10-19/h1-2,5-6,9-10H,3-4,7-8H2,(H,18,21)(H,22,23). The largest absolute Gasteiger partial charge is 0.480 e. The van der Waals surface area contributed by atoms with Crippen LogP contribution in [0.2, 0.25) is 0 Å². The predicted octanol–water partition coefficient (Wildman–Crippen LogP) is 1.86. The molecule has 0 radical (unpaired) electrons. The van der Waals surface area contributed by atoms with Gasteiger partial charge in [0.1, 0.15) is 11.2 Å². The Labute approximate surface area is 152 Å². The first-order valence-corrected chi connectivity index (χ1v) is 8.99. The van der Waals surface area contributed by atoms with Crippen molar-refractivity contribution in [3.63, 3.8) is 0 Å². The van der Waals surface area contributed by atoms with Gasteiger partial charge in [-0.1, -0.05) is 0 Å². The van der Waals surface area contributed by atoms with Crippen LogP contribution in [0.25, 0.3) is 5.69 Å². The van der Waals surface area contributed by atoms with Crippen molar-refractivity contribution in [3.8, 4) is 5.69 Å². The molecule has 2 heterocycles. The molecule has 10 heteroatoms. The van der Waals surface area contributed by atoms with Crippen LogP contribution in [0.15, 0.2) is 36.9 Å². The van der Waals surface area contributed by atoms with Gasteiger partial charge < -0.3 is 15.0 Å². The molecule has 0 aliphatic carbocycles. The van der Waals surface area contributed by atoms with Gasteiger partial charge in [0.2, 0.25) is 0 Å². The molecule has 0 saturated carbocycles. The van der Waals surface area contributed by atoms with Crippen LogP contribution in [0.5, 0.6) is 0 Å². The van der Waals surface area contributed by atoms with Crippen molar-refractivity contribution in [2.45, 2.75) is 18.4 Å². The van der Waals surface area contributed by atoms with Gasteiger partial charge in [-0.25, -0.2) is 9.78 Å². The Balaban J connectivity index is 1.91. The second-order valence-corrected chi connectivity index (χ2v) is 7.11. The van der Waals surface area contributed by atoms with Gasteiger partial charge >= 0.3 is 5.97 Å². The highest BCUT2D eigenvalue weighted by atomic mass is 32.2. The van der Waals surface area contributed by atoms with E-state index in [1.165, 1.54) is 29.2 Å². The van der Waals surface area contributed by atoms with Gasteiger partial charge in [-0.05, 0) is 36.5 Å². The summed E-state index contributed by atoms with van der Waals surface area (Å²) in [6.07, 6.45) is 5.09. The van der Waals surface area contributed by atoms with Gasteiger partial charge in [-0.3, -0.25) is 14.9 Å². The molecule has 136 valence electrons. The number of thioether (sulfide) groups is 1. The van der Waals surface area contributed by atoms with Crippen molar-refractivity contribution in [2.75, 3.05) is 11.5 Å². The minimum Gasteiger partial charge on any atom is -0.480 e. The minimum atomic E-state index is -1.33. The highest BCUT2D eigenvalue weighted by Crippen LogP contribution is 2.29. The molecule has 1 aromatic heterocycles. The first-order valence-electron chi connectivity index (χ1n) is 7.83. The Kier molecular flexibility index (Phi) is 4.94. The van der Waals surface area contributed by atoms with E-state index in [0.717, 1.165) is 6.07 Å². The number of carbonyl (C=O) groups excluding carboxylic acids is 1. The SMILES string of the molecule is O=C(NC1(C(=O)O)CCSCC1)c1ccc(-n2ccnc2)c([N+](=O)[O-])c1. The number of amides is 1. The third-order valence-corrected chi connectivity index (χ3v) is 5.31. The average Bonchev–Trinajstić information content (AvgIpc) is 3.16. The third-order valence-electron chi connectivity index (χ3n) is 4.33. The van der Waals surface area contributed by atoms with E-state index in [4.69, 9.17) is 0 Å². The van der Waals surface area contributed by atoms with E-state index in [1.807, 2.05) is 0 Å². The van der Waals surface area contributed by atoms with Gasteiger partial charge in [0.05, 0.1) is 11.3 Å². The zero-order valence-corrected chi connectivity index (χ0v) is 14.4. The summed E-state index contributed by atoms with van der Waals surface area (Å²) in [5.74, 6) is -0.464. The number of nitro groups is 1. The fraction of sp³-hybridized carbons (Fsp3) is 0.312. The van der Waals surface area contributed by atoms with E-state index in [1.54, 1.807) is 18.0 Å². The zero-order chi connectivity index (χ0) is 18.7. The van der Waals surface area contributed by atoms with Crippen LogP contribution >= 0.6 is 11.8 Å². The molecule has 1 aromatic carbocycles. The zero-order valence-electron chi connectivity index (χ0n) is 13.6. The molecular weight excluding hydrogens is 360 g/mol. The first-order chi connectivity index (χ1) is 12.4. The lowest BCUT2D eigenvalue weighted by Gasteiger charge is -2.33. The van der Waals surface area contributed by atoms with Gasteiger partial charge in [0.15, 0.2) is 0 Å². The number of rotatable bonds is 5. The highest BCUT2D eigenvalue weighted by molar-refractivity contribution is 7.99. The summed E-state index contributed by atoms with van der Waals surface area (Å²) in [5.41, 5.74) is -1.29. The van der Waals surface area contributed by atoms with Crippen molar-refractivity contribution >= 4 is 29.3 Å². The molecule has 1 aliphatic heterocycles. The lowest BCUT2D eigenvalue weighted by molar-refractivity contribution is -0.384. The van der Waals surface area contributed by atoms with Crippen molar-refractivity contribution in [3.05, 3.63) is 52.6 Å². The Morgan fingerprint density at radius 2 is 2.08 bits per heavy atom. The molecule has 2 aromatic rings. The number of carbonyl (C=O) groups is 2. The molecule has 2 N–H and O–H groups in total. The first kappa shape index (κ1) is 17.9. The number of nitrogens with one attached hydrogen (secondary N) is 1. The van der Waals surface area contributed by atoms with E-state index in [2.05, 4.69) is 10.3 Å². The van der Waals surface area contributed by atoms with Gasteiger partial charge in [0, 0.05) is 24.0 Å². The highest BCUT2D eigenvalue weighted by Gasteiger charge is 2.41. The smallest absolute Gasteiger partial charge is 0.329 e. The van der Waals surface area contributed by atoms with Crippen LogP contribution in [0.1, 0.15) is 23.2 Å². The predicted molar refractivity (Wildman–Crippen MR) is 94.6 cm³/mol. The van der Waals surface area contributed by atoms with Crippen LogP contribution in [0.3, 0.4) is 0 Å². The summed E-state index contributed by atoms with van der Waals surface area (Å²) in [7, 11) is 0. The monoisotopic (exact) mass is 376 g/mol. The number of nitro benzene ring substituents is 1. The fourth-order valence-electron chi connectivity index (χ4n) is 2.83. The van der Waals surface area contributed by atoms with E-state index < -0.39 is 22.3 Å². The fourth-order valence-corrected chi connectivity index (χ4v) is 4.02. The number of carboxylic acid groups (broad SMARTS) is 1. The van der Waals surface area contributed by atoms with E-state index in [9.17, 15) is 24.8 Å². The number of nitrogens with zero attached hydrogens (tertiary/aromatic N) is 3. The summed E-state index contributed by atoms with van der Waals surface area (Å²) in [4.78, 5) is 38.9. The number of hydrogen-bond donors (Lipinski definition) is 2. The van der Waals surface area contributed by atoms with Crippen LogP contribution in [-0.4, -0.2) is 48.5 Å². The Morgan fingerprint density at radius 1 is 1.35 bits per heavy atom. The maximum Gasteiger partial charge on any atom is 0.329 e. The number of imidazole rings is 1. The van der Waals surface area contributed by atoms with Crippen molar-refractivity contribution in [2.24, 2.45) is 0 Å². The van der Waals surface area contributed by atoms with Crippen LogP contribution in [0.4, 0.5) is 5.69 Å². The van der Waals surface area contributed by atoms with Crippen molar-refractivity contribution in [1.82, 2.24) is 14.9 Å². The van der Waals surface area contributed by atoms with E-state index >= 15 is 0 Å². The molecule has 0 bridgehead atoms. The Morgan fingerprint density at radius 3 is 2.65 bits per heavy atom. The molecule has 1 amide bonds. The molecule has 9 nitrogen and oxygen atoms in total. The van der Waals surface area contributed by atoms with E-state index in [0.29, 0.717) is 24.3 Å². The maximum absolute atomic E-state index is 12.6. The molecule has 0 unspecified atom stereocenters. The van der Waals surface area contributed by atoms with Gasteiger partial charge in [-0.2, -0.15) is 11.8 Å². The van der Waals surface area contributed by atoms with Crippen molar-refractivity contribution < 1.29 is 19.6 Å². The Hall–Kier alpha value is -2.88. The molecule has 1 saturated heterocycles. The molecule has 3 rings (SSSR count). The number of aromatic nitrogens is 2. The quantitative estimate of drug-likeness (QED) is 0.602. The lowest BCUT2D eigenvalue weighted by atomic mass is 9.91. The van der Waals surface area contributed by atoms with E-state index in [-0.39, 0.29) is 16.9 Å².